The van der Waals surface area contributed by atoms with Crippen molar-refractivity contribution in [1.82, 2.24) is 5.32 Å². The minimum Gasteiger partial charge on any atom is -0.376 e. The zero-order chi connectivity index (χ0) is 22.8. The molecule has 32 heavy (non-hydrogen) atoms. The second-order valence-corrected chi connectivity index (χ2v) is 8.35. The van der Waals surface area contributed by atoms with Crippen LogP contribution in [-0.2, 0) is 14.3 Å². The van der Waals surface area contributed by atoms with E-state index >= 15 is 0 Å². The molecule has 7 nitrogen and oxygen atoms in total. The number of ether oxygens (including phenoxy) is 1. The van der Waals surface area contributed by atoms with Gasteiger partial charge in [-0.05, 0) is 68.1 Å². The number of nitrogens with one attached hydrogen (secondary N) is 2. The molecule has 0 aliphatic carbocycles. The average molecular weight is 454 g/mol. The lowest BCUT2D eigenvalue weighted by atomic mass is 10.1. The Morgan fingerprint density at radius 3 is 2.56 bits per heavy atom. The van der Waals surface area contributed by atoms with E-state index in [9.17, 15) is 14.4 Å². The molecule has 1 unspecified atom stereocenters. The number of anilines is 2. The van der Waals surface area contributed by atoms with Gasteiger partial charge in [0, 0.05) is 24.4 Å². The van der Waals surface area contributed by atoms with E-state index in [-0.39, 0.29) is 22.7 Å². The molecule has 0 radical (unpaired) electrons. The third kappa shape index (κ3) is 4.40. The highest BCUT2D eigenvalue weighted by Gasteiger charge is 2.39. The zero-order valence-electron chi connectivity index (χ0n) is 17.9. The zero-order valence-corrected chi connectivity index (χ0v) is 18.7. The monoisotopic (exact) mass is 453 g/mol. The van der Waals surface area contributed by atoms with E-state index < -0.39 is 11.8 Å². The molecule has 8 heteroatoms. The lowest BCUT2D eigenvalue weighted by Gasteiger charge is -2.18. The molecule has 2 aromatic rings. The highest BCUT2D eigenvalue weighted by Crippen LogP contribution is 2.32. The van der Waals surface area contributed by atoms with Crippen LogP contribution in [0.15, 0.2) is 53.2 Å². The minimum atomic E-state index is -0.571. The van der Waals surface area contributed by atoms with Crippen LogP contribution in [0.5, 0.6) is 0 Å². The molecule has 1 atom stereocenters. The van der Waals surface area contributed by atoms with Gasteiger partial charge < -0.3 is 15.4 Å². The van der Waals surface area contributed by atoms with Crippen molar-refractivity contribution in [1.29, 1.82) is 0 Å². The predicted octanol–water partition coefficient (Wildman–Crippen LogP) is 3.65. The maximum atomic E-state index is 13.0. The highest BCUT2D eigenvalue weighted by atomic mass is 35.5. The second-order valence-electron chi connectivity index (χ2n) is 7.97. The Hall–Kier alpha value is -3.16. The molecule has 0 saturated carbocycles. The van der Waals surface area contributed by atoms with Crippen LogP contribution in [-0.4, -0.2) is 37.0 Å². The predicted molar refractivity (Wildman–Crippen MR) is 123 cm³/mol. The first-order valence-electron chi connectivity index (χ1n) is 10.5. The van der Waals surface area contributed by atoms with Crippen molar-refractivity contribution in [2.24, 2.45) is 0 Å². The number of hydrogen-bond acceptors (Lipinski definition) is 5. The van der Waals surface area contributed by atoms with Crippen molar-refractivity contribution in [2.45, 2.75) is 32.8 Å². The molecule has 2 aliphatic rings. The van der Waals surface area contributed by atoms with Gasteiger partial charge in [-0.3, -0.25) is 14.4 Å². The molecule has 2 heterocycles. The summed E-state index contributed by atoms with van der Waals surface area (Å²) < 4.78 is 5.51. The van der Waals surface area contributed by atoms with E-state index in [1.807, 2.05) is 26.0 Å². The fourth-order valence-electron chi connectivity index (χ4n) is 3.75. The third-order valence-electron chi connectivity index (χ3n) is 5.56. The molecule has 0 spiro atoms. The molecule has 4 rings (SSSR count). The van der Waals surface area contributed by atoms with E-state index in [4.69, 9.17) is 16.3 Å². The van der Waals surface area contributed by atoms with Gasteiger partial charge >= 0.3 is 0 Å². The van der Waals surface area contributed by atoms with Gasteiger partial charge in [0.25, 0.3) is 17.7 Å². The molecule has 166 valence electrons. The Bertz CT molecular complexity index is 1100. The summed E-state index contributed by atoms with van der Waals surface area (Å²) >= 11 is 6.22. The summed E-state index contributed by atoms with van der Waals surface area (Å²) in [7, 11) is 0. The van der Waals surface area contributed by atoms with Gasteiger partial charge in [0.2, 0.25) is 0 Å². The fraction of sp³-hybridized carbons (Fsp3) is 0.292. The molecule has 2 aliphatic heterocycles. The average Bonchev–Trinajstić information content (AvgIpc) is 3.38. The number of carbonyl (C=O) groups is 3. The lowest BCUT2D eigenvalue weighted by molar-refractivity contribution is -0.120. The van der Waals surface area contributed by atoms with E-state index in [0.717, 1.165) is 35.5 Å². The number of hydrogen-bond donors (Lipinski definition) is 2. The van der Waals surface area contributed by atoms with Crippen LogP contribution >= 0.6 is 11.6 Å². The van der Waals surface area contributed by atoms with Gasteiger partial charge in [-0.25, -0.2) is 4.90 Å². The number of benzene rings is 2. The first kappa shape index (κ1) is 22.0. The summed E-state index contributed by atoms with van der Waals surface area (Å²) in [5.74, 6) is -1.29. The van der Waals surface area contributed by atoms with E-state index in [1.54, 1.807) is 30.3 Å². The molecular weight excluding hydrogens is 430 g/mol. The largest absolute Gasteiger partial charge is 0.376 e. The van der Waals surface area contributed by atoms with Gasteiger partial charge in [-0.1, -0.05) is 23.7 Å². The molecule has 0 bridgehead atoms. The van der Waals surface area contributed by atoms with Crippen LogP contribution < -0.4 is 15.5 Å². The number of halogens is 1. The summed E-state index contributed by atoms with van der Waals surface area (Å²) in [4.78, 5) is 39.1. The van der Waals surface area contributed by atoms with Crippen LogP contribution in [0.3, 0.4) is 0 Å². The number of nitrogens with zero attached hydrogens (tertiary/aromatic N) is 1. The molecule has 2 N–H and O–H groups in total. The van der Waals surface area contributed by atoms with Gasteiger partial charge in [0.1, 0.15) is 10.7 Å². The summed E-state index contributed by atoms with van der Waals surface area (Å²) in [6, 6.07) is 12.2. The SMILES string of the molecule is Cc1ccc(C)c(N2C(=O)C(Cl)=C(Nc3ccc(C(=O)NCC4CCCO4)cc3)C2=O)c1. The maximum absolute atomic E-state index is 13.0. The molecular formula is C24H24ClN3O4. The van der Waals surface area contributed by atoms with E-state index in [1.165, 1.54) is 0 Å². The van der Waals surface area contributed by atoms with Gasteiger partial charge in [-0.15, -0.1) is 0 Å². The summed E-state index contributed by atoms with van der Waals surface area (Å²) in [5, 5.41) is 5.63. The first-order chi connectivity index (χ1) is 15.3. The normalized spacial score (nSPS) is 18.5. The van der Waals surface area contributed by atoms with Crippen LogP contribution in [0.25, 0.3) is 0 Å². The van der Waals surface area contributed by atoms with Crippen molar-refractivity contribution in [3.8, 4) is 0 Å². The summed E-state index contributed by atoms with van der Waals surface area (Å²) in [5.41, 5.74) is 3.26. The van der Waals surface area contributed by atoms with Crippen molar-refractivity contribution >= 4 is 40.7 Å². The molecule has 2 aromatic carbocycles. The number of carbonyl (C=O) groups excluding carboxylic acids is 3. The Morgan fingerprint density at radius 2 is 1.88 bits per heavy atom. The quantitative estimate of drug-likeness (QED) is 0.652. The molecule has 3 amide bonds. The van der Waals surface area contributed by atoms with Crippen LogP contribution in [0.2, 0.25) is 0 Å². The topological polar surface area (TPSA) is 87.7 Å². The summed E-state index contributed by atoms with van der Waals surface area (Å²) in [6.45, 7) is 4.94. The number of rotatable bonds is 6. The standard InChI is InChI=1S/C24H24ClN3O4/c1-14-5-6-15(2)19(12-14)28-23(30)20(25)21(24(28)31)27-17-9-7-16(8-10-17)22(29)26-13-18-4-3-11-32-18/h5-10,12,18,27H,3-4,11,13H2,1-2H3,(H,26,29). The molecule has 1 saturated heterocycles. The Kier molecular flexibility index (Phi) is 6.30. The number of aryl methyl sites for hydroxylation is 2. The van der Waals surface area contributed by atoms with Crippen molar-refractivity contribution < 1.29 is 19.1 Å². The van der Waals surface area contributed by atoms with Gasteiger partial charge in [0.15, 0.2) is 0 Å². The van der Waals surface area contributed by atoms with Crippen molar-refractivity contribution in [2.75, 3.05) is 23.4 Å². The first-order valence-corrected chi connectivity index (χ1v) is 10.9. The van der Waals surface area contributed by atoms with E-state index in [0.29, 0.717) is 23.5 Å². The smallest absolute Gasteiger partial charge is 0.283 e. The third-order valence-corrected chi connectivity index (χ3v) is 5.91. The van der Waals surface area contributed by atoms with Gasteiger partial charge in [0.05, 0.1) is 11.8 Å². The molecule has 0 aromatic heterocycles. The van der Waals surface area contributed by atoms with Crippen molar-refractivity contribution in [3.05, 3.63) is 69.9 Å². The van der Waals surface area contributed by atoms with Crippen LogP contribution in [0, 0.1) is 13.8 Å². The highest BCUT2D eigenvalue weighted by molar-refractivity contribution is 6.53. The maximum Gasteiger partial charge on any atom is 0.283 e. The molecule has 1 fully saturated rings. The van der Waals surface area contributed by atoms with Crippen molar-refractivity contribution in [3.63, 3.8) is 0 Å². The number of amides is 3. The Balaban J connectivity index is 1.45. The lowest BCUT2D eigenvalue weighted by Crippen LogP contribution is -2.33. The number of imide groups is 1. The Labute approximate surface area is 191 Å². The van der Waals surface area contributed by atoms with Crippen LogP contribution in [0.1, 0.15) is 34.3 Å². The Morgan fingerprint density at radius 1 is 1.12 bits per heavy atom. The van der Waals surface area contributed by atoms with Crippen LogP contribution in [0.4, 0.5) is 11.4 Å². The fourth-order valence-corrected chi connectivity index (χ4v) is 3.97. The summed E-state index contributed by atoms with van der Waals surface area (Å²) in [6.07, 6.45) is 2.03. The van der Waals surface area contributed by atoms with E-state index in [2.05, 4.69) is 10.6 Å². The second kappa shape index (κ2) is 9.14. The van der Waals surface area contributed by atoms with Gasteiger partial charge in [-0.2, -0.15) is 0 Å². The minimum absolute atomic E-state index is 0.00755.